The zero-order chi connectivity index (χ0) is 53.1. The van der Waals surface area contributed by atoms with Gasteiger partial charge >= 0.3 is 18.0 Å². The summed E-state index contributed by atoms with van der Waals surface area (Å²) in [5.74, 6) is -7.57. The summed E-state index contributed by atoms with van der Waals surface area (Å²) in [7, 11) is 4.60. The van der Waals surface area contributed by atoms with Crippen molar-refractivity contribution in [1.29, 1.82) is 0 Å². The van der Waals surface area contributed by atoms with Gasteiger partial charge in [-0.05, 0) is 124 Å². The molecule has 18 heteroatoms. The molecular weight excluding hydrogens is 945 g/mol. The molecule has 1 aromatic rings. The van der Waals surface area contributed by atoms with Gasteiger partial charge in [0.1, 0.15) is 30.1 Å². The first kappa shape index (κ1) is 57.6. The van der Waals surface area contributed by atoms with Crippen LogP contribution >= 0.6 is 0 Å². The average Bonchev–Trinajstić information content (AvgIpc) is 3.78. The number of methoxy groups -OCH3 is 3. The quantitative estimate of drug-likeness (QED) is 0.0894. The number of piperidine rings is 1. The Morgan fingerprint density at radius 1 is 0.863 bits per heavy atom. The highest BCUT2D eigenvalue weighted by Crippen LogP contribution is 2.40. The molecule has 1 aromatic carbocycles. The summed E-state index contributed by atoms with van der Waals surface area (Å²) in [6.45, 7) is 11.6. The van der Waals surface area contributed by atoms with Crippen molar-refractivity contribution in [1.82, 2.24) is 4.90 Å². The molecule has 18 nitrogen and oxygen atoms in total. The third kappa shape index (κ3) is 14.4. The van der Waals surface area contributed by atoms with E-state index in [0.29, 0.717) is 93.4 Å². The normalized spacial score (nSPS) is 35.7. The van der Waals surface area contributed by atoms with Gasteiger partial charge in [0.25, 0.3) is 11.7 Å². The van der Waals surface area contributed by atoms with Gasteiger partial charge in [0, 0.05) is 58.2 Å². The zero-order valence-corrected chi connectivity index (χ0v) is 44.2. The van der Waals surface area contributed by atoms with Crippen molar-refractivity contribution in [2.24, 2.45) is 29.6 Å². The van der Waals surface area contributed by atoms with Crippen LogP contribution in [0.1, 0.15) is 125 Å². The molecule has 1 aliphatic carbocycles. The lowest BCUT2D eigenvalue weighted by atomic mass is 9.81. The molecule has 0 aromatic heterocycles. The number of carbonyl (C=O) groups excluding carboxylic acids is 6. The average molecular weight is 1030 g/mol. The summed E-state index contributed by atoms with van der Waals surface area (Å²) in [6.07, 6.45) is 2.54. The van der Waals surface area contributed by atoms with Gasteiger partial charge in [-0.1, -0.05) is 53.2 Å². The maximum absolute atomic E-state index is 14.6. The number of nitrogens with zero attached hydrogens (tertiary/aromatic N) is 1. The van der Waals surface area contributed by atoms with Gasteiger partial charge in [0.05, 0.1) is 31.0 Å². The molecule has 6 rings (SSSR count). The van der Waals surface area contributed by atoms with Crippen LogP contribution in [-0.4, -0.2) is 146 Å². The number of Topliss-reactive ketones (excluding diaryl/α,β-unsaturated/α-hetero) is 2. The predicted octanol–water partition coefficient (Wildman–Crippen LogP) is 6.81. The van der Waals surface area contributed by atoms with E-state index in [-0.39, 0.29) is 49.3 Å². The molecule has 1 saturated carbocycles. The first-order valence-corrected chi connectivity index (χ1v) is 26.4. The van der Waals surface area contributed by atoms with Crippen LogP contribution in [0.3, 0.4) is 0 Å². The van der Waals surface area contributed by atoms with Crippen molar-refractivity contribution in [2.75, 3.05) is 39.8 Å². The molecule has 4 fully saturated rings. The molecule has 0 radical (unpaired) electrons. The lowest BCUT2D eigenvalue weighted by Gasteiger charge is -2.47. The van der Waals surface area contributed by atoms with Crippen molar-refractivity contribution >= 4 is 41.2 Å². The Morgan fingerprint density at radius 3 is 2.22 bits per heavy atom. The molecule has 406 valence electrons. The van der Waals surface area contributed by atoms with E-state index < -0.39 is 102 Å². The number of ketones is 2. The van der Waals surface area contributed by atoms with E-state index in [1.54, 1.807) is 52.1 Å². The highest BCUT2D eigenvalue weighted by molar-refractivity contribution is 6.39. The molecule has 2 amide bonds. The number of esters is 2. The number of hydrogen-bond donors (Lipinski definition) is 3. The van der Waals surface area contributed by atoms with Crippen molar-refractivity contribution in [3.8, 4) is 5.75 Å². The number of anilines is 1. The van der Waals surface area contributed by atoms with E-state index in [0.717, 1.165) is 0 Å². The summed E-state index contributed by atoms with van der Waals surface area (Å²) in [5, 5.41) is 26.8. The number of amides is 2. The molecule has 15 atom stereocenters. The van der Waals surface area contributed by atoms with Crippen LogP contribution in [0.4, 0.5) is 10.5 Å². The number of nitrogens with one attached hydrogen (secondary N) is 1. The number of aliphatic hydroxyl groups excluding tert-OH is 1. The molecule has 5 aliphatic rings. The minimum atomic E-state index is -2.54. The molecule has 3 N–H and O–H groups in total. The highest BCUT2D eigenvalue weighted by atomic mass is 16.7. The van der Waals surface area contributed by atoms with Gasteiger partial charge in [0.2, 0.25) is 5.79 Å². The van der Waals surface area contributed by atoms with Crippen LogP contribution < -0.4 is 10.1 Å². The Hall–Kier alpha value is -4.72. The zero-order valence-electron chi connectivity index (χ0n) is 44.2. The standard InChI is InChI=1S/C55H80N2O16/c1-10-13-37-25-31(2)24-32(3)26-46(67-8)49-47(68-9)28-34(5)55(65,73-49)50(60)51(61)57-22-12-11-14-40(57)52(62)72-48(35(6)41(58)30-42(37)59)33(4)27-36-15-20-43(45(29-36)66-7)71-54(64)56-38-16-18-39(19-17-38)70-44-21-23-69-53(44)63/h16-19,25,27,31-32,34-36,40-41,43-49,58,65H,10-15,20-24,26,28-30H2,1-9H3,(H,56,64)/t31?,32-,34+,35+,36-,40-,41-,43+,44?,45+,46-,47-,48+,49?,55+/m0/s1. The second kappa shape index (κ2) is 26.2. The number of fused-ring (bicyclic) bond motifs is 3. The van der Waals surface area contributed by atoms with E-state index in [1.807, 2.05) is 26.0 Å². The predicted molar refractivity (Wildman–Crippen MR) is 267 cm³/mol. The van der Waals surface area contributed by atoms with Crippen molar-refractivity contribution in [2.45, 2.75) is 186 Å². The van der Waals surface area contributed by atoms with Crippen LogP contribution in [0.2, 0.25) is 0 Å². The van der Waals surface area contributed by atoms with Gasteiger partial charge in [-0.3, -0.25) is 19.7 Å². The number of ether oxygens (including phenoxy) is 8. The Kier molecular flexibility index (Phi) is 20.6. The lowest BCUT2D eigenvalue weighted by Crippen LogP contribution is -2.64. The first-order chi connectivity index (χ1) is 34.8. The maximum atomic E-state index is 14.6. The summed E-state index contributed by atoms with van der Waals surface area (Å²) >= 11 is 0. The largest absolute Gasteiger partial charge is 0.479 e. The van der Waals surface area contributed by atoms with E-state index in [9.17, 15) is 39.0 Å². The van der Waals surface area contributed by atoms with Crippen LogP contribution in [-0.2, 0) is 57.1 Å². The third-order valence-electron chi connectivity index (χ3n) is 15.5. The van der Waals surface area contributed by atoms with Crippen LogP contribution in [0.15, 0.2) is 47.6 Å². The second-order valence-corrected chi connectivity index (χ2v) is 21.1. The summed E-state index contributed by atoms with van der Waals surface area (Å²) in [5.41, 5.74) is 1.67. The maximum Gasteiger partial charge on any atom is 0.411 e. The Balaban J connectivity index is 1.24. The highest BCUT2D eigenvalue weighted by Gasteiger charge is 2.56. The number of allylic oxidation sites excluding steroid dienone is 3. The summed E-state index contributed by atoms with van der Waals surface area (Å²) < 4.78 is 46.9. The van der Waals surface area contributed by atoms with Gasteiger partial charge in [-0.2, -0.15) is 0 Å². The van der Waals surface area contributed by atoms with E-state index in [2.05, 4.69) is 12.2 Å². The monoisotopic (exact) mass is 1020 g/mol. The number of hydrogen-bond acceptors (Lipinski definition) is 16. The number of cyclic esters (lactones) is 2. The molecular formula is C55H80N2O16. The topological polar surface area (TPSA) is 232 Å². The van der Waals surface area contributed by atoms with E-state index in [1.165, 1.54) is 19.1 Å². The van der Waals surface area contributed by atoms with E-state index in [4.69, 9.17) is 37.9 Å². The molecule has 3 unspecified atom stereocenters. The van der Waals surface area contributed by atoms with Crippen LogP contribution in [0, 0.1) is 29.6 Å². The summed E-state index contributed by atoms with van der Waals surface area (Å²) in [4.78, 5) is 83.7. The number of carbonyl (C=O) groups is 6. The van der Waals surface area contributed by atoms with E-state index >= 15 is 0 Å². The second-order valence-electron chi connectivity index (χ2n) is 21.1. The molecule has 2 bridgehead atoms. The summed E-state index contributed by atoms with van der Waals surface area (Å²) in [6, 6.07) is 5.36. The molecule has 3 saturated heterocycles. The molecule has 4 heterocycles. The number of rotatable bonds is 11. The van der Waals surface area contributed by atoms with Crippen molar-refractivity contribution < 1.29 is 76.9 Å². The van der Waals surface area contributed by atoms with Gasteiger partial charge in [-0.15, -0.1) is 0 Å². The van der Waals surface area contributed by atoms with Crippen molar-refractivity contribution in [3.63, 3.8) is 0 Å². The first-order valence-electron chi connectivity index (χ1n) is 26.4. The fourth-order valence-corrected chi connectivity index (χ4v) is 11.4. The van der Waals surface area contributed by atoms with Gasteiger partial charge in [-0.25, -0.2) is 14.4 Å². The fourth-order valence-electron chi connectivity index (χ4n) is 11.4. The Morgan fingerprint density at radius 2 is 1.56 bits per heavy atom. The van der Waals surface area contributed by atoms with Gasteiger partial charge in [0.15, 0.2) is 11.9 Å². The minimum absolute atomic E-state index is 0.0254. The Labute approximate surface area is 430 Å². The minimum Gasteiger partial charge on any atom is -0.479 e. The molecule has 0 spiro atoms. The fraction of sp³-hybridized carbons (Fsp3) is 0.709. The van der Waals surface area contributed by atoms with Gasteiger partial charge < -0.3 is 53.0 Å². The lowest BCUT2D eigenvalue weighted by molar-refractivity contribution is -0.302. The smallest absolute Gasteiger partial charge is 0.411 e. The molecule has 4 aliphatic heterocycles. The van der Waals surface area contributed by atoms with Crippen molar-refractivity contribution in [3.05, 3.63) is 47.6 Å². The van der Waals surface area contributed by atoms with Crippen LogP contribution in [0.5, 0.6) is 5.75 Å². The number of aliphatic hydroxyl groups is 2. The third-order valence-corrected chi connectivity index (χ3v) is 15.5. The molecule has 73 heavy (non-hydrogen) atoms. The van der Waals surface area contributed by atoms with Crippen LogP contribution in [0.25, 0.3) is 0 Å². The number of benzene rings is 1. The SMILES string of the molecule is CCCC1=CC(C)C[C@H](C)C[C@H](OC)C2O[C@@](O)(C(=O)C(=O)N3CCCC[C@H]3C(=O)O[C@H](C(C)=C[C@@H]3CC[C@@H](OC(=O)Nc4ccc(OC5CCOC5=O)cc4)[C@H](OC)C3)[C@H](C)[C@@H](O)CC1=O)[C@H](C)C[C@@H]2OC. The Bertz CT molecular complexity index is 2150.